The topological polar surface area (TPSA) is 49.3 Å². The molecule has 0 saturated heterocycles. The minimum absolute atomic E-state index is 0.0340. The summed E-state index contributed by atoms with van der Waals surface area (Å²) in [6.45, 7) is 1.69. The van der Waals surface area contributed by atoms with Crippen molar-refractivity contribution >= 4 is 5.91 Å². The third-order valence-electron chi connectivity index (χ3n) is 2.43. The summed E-state index contributed by atoms with van der Waals surface area (Å²) in [7, 11) is 0. The van der Waals surface area contributed by atoms with Gasteiger partial charge in [-0.05, 0) is 24.1 Å². The van der Waals surface area contributed by atoms with Crippen LogP contribution in [0.1, 0.15) is 18.9 Å². The van der Waals surface area contributed by atoms with Crippen molar-refractivity contribution in [2.24, 2.45) is 0 Å². The van der Waals surface area contributed by atoms with E-state index >= 15 is 0 Å². The Balaban J connectivity index is 2.58. The van der Waals surface area contributed by atoms with Crippen molar-refractivity contribution < 1.29 is 18.7 Å². The number of nitrogens with one attached hydrogen (secondary N) is 1. The number of aliphatic hydroxyl groups excluding tert-OH is 1. The van der Waals surface area contributed by atoms with Gasteiger partial charge in [0.15, 0.2) is 11.6 Å². The monoisotopic (exact) mass is 243 g/mol. The smallest absolute Gasteiger partial charge is 0.224 e. The van der Waals surface area contributed by atoms with Gasteiger partial charge in [0.2, 0.25) is 5.91 Å². The van der Waals surface area contributed by atoms with Gasteiger partial charge < -0.3 is 10.4 Å². The van der Waals surface area contributed by atoms with Crippen LogP contribution in [-0.2, 0) is 11.2 Å². The van der Waals surface area contributed by atoms with Gasteiger partial charge in [-0.25, -0.2) is 8.78 Å². The minimum Gasteiger partial charge on any atom is -0.394 e. The summed E-state index contributed by atoms with van der Waals surface area (Å²) in [4.78, 5) is 11.5. The fourth-order valence-corrected chi connectivity index (χ4v) is 1.39. The molecular weight excluding hydrogens is 228 g/mol. The van der Waals surface area contributed by atoms with Crippen LogP contribution in [-0.4, -0.2) is 23.7 Å². The molecule has 0 radical (unpaired) electrons. The van der Waals surface area contributed by atoms with Crippen molar-refractivity contribution in [3.05, 3.63) is 35.4 Å². The zero-order valence-electron chi connectivity index (χ0n) is 9.54. The number of hydrogen-bond acceptors (Lipinski definition) is 2. The standard InChI is InChI=1S/C12H15F2NO2/c1-2-9(7-16)15-12(17)6-8-3-4-10(13)11(14)5-8/h3-5,9,16H,2,6-7H2,1H3,(H,15,17)/t9-/m1/s1. The summed E-state index contributed by atoms with van der Waals surface area (Å²) in [6.07, 6.45) is 0.577. The highest BCUT2D eigenvalue weighted by molar-refractivity contribution is 5.78. The molecule has 1 amide bonds. The van der Waals surface area contributed by atoms with Gasteiger partial charge in [0.1, 0.15) is 0 Å². The van der Waals surface area contributed by atoms with Gasteiger partial charge in [0.05, 0.1) is 19.1 Å². The largest absolute Gasteiger partial charge is 0.394 e. The molecule has 0 aliphatic carbocycles. The molecule has 1 atom stereocenters. The molecule has 0 saturated carbocycles. The van der Waals surface area contributed by atoms with Crippen LogP contribution in [0.5, 0.6) is 0 Å². The summed E-state index contributed by atoms with van der Waals surface area (Å²) < 4.78 is 25.5. The Morgan fingerprint density at radius 1 is 1.41 bits per heavy atom. The highest BCUT2D eigenvalue weighted by atomic mass is 19.2. The Morgan fingerprint density at radius 2 is 2.12 bits per heavy atom. The third-order valence-corrected chi connectivity index (χ3v) is 2.43. The maximum Gasteiger partial charge on any atom is 0.224 e. The first kappa shape index (κ1) is 13.6. The fraction of sp³-hybridized carbons (Fsp3) is 0.417. The van der Waals surface area contributed by atoms with Crippen LogP contribution < -0.4 is 5.32 Å². The van der Waals surface area contributed by atoms with E-state index in [9.17, 15) is 13.6 Å². The van der Waals surface area contributed by atoms with Gasteiger partial charge in [-0.1, -0.05) is 13.0 Å². The molecule has 0 heterocycles. The molecule has 1 aromatic rings. The molecule has 0 aliphatic heterocycles. The minimum atomic E-state index is -0.968. The van der Waals surface area contributed by atoms with Crippen molar-refractivity contribution in [3.8, 4) is 0 Å². The van der Waals surface area contributed by atoms with Gasteiger partial charge in [-0.15, -0.1) is 0 Å². The number of hydrogen-bond donors (Lipinski definition) is 2. The molecule has 3 nitrogen and oxygen atoms in total. The first-order chi connectivity index (χ1) is 8.06. The third kappa shape index (κ3) is 4.11. The van der Waals surface area contributed by atoms with Crippen molar-refractivity contribution in [1.82, 2.24) is 5.32 Å². The van der Waals surface area contributed by atoms with E-state index in [-0.39, 0.29) is 25.0 Å². The van der Waals surface area contributed by atoms with E-state index in [1.54, 1.807) is 0 Å². The van der Waals surface area contributed by atoms with Crippen LogP contribution in [0.4, 0.5) is 8.78 Å². The summed E-state index contributed by atoms with van der Waals surface area (Å²) >= 11 is 0. The molecule has 1 aromatic carbocycles. The number of amides is 1. The number of carbonyl (C=O) groups excluding carboxylic acids is 1. The van der Waals surface area contributed by atoms with E-state index in [2.05, 4.69) is 5.32 Å². The van der Waals surface area contributed by atoms with Crippen LogP contribution in [0.15, 0.2) is 18.2 Å². The maximum atomic E-state index is 12.9. The van der Waals surface area contributed by atoms with Crippen molar-refractivity contribution in [2.75, 3.05) is 6.61 Å². The quantitative estimate of drug-likeness (QED) is 0.821. The zero-order valence-corrected chi connectivity index (χ0v) is 9.54. The Bertz CT molecular complexity index is 392. The molecule has 0 spiro atoms. The summed E-state index contributed by atoms with van der Waals surface area (Å²) in [6, 6.07) is 3.04. The van der Waals surface area contributed by atoms with Crippen molar-refractivity contribution in [3.63, 3.8) is 0 Å². The van der Waals surface area contributed by atoms with Crippen LogP contribution >= 0.6 is 0 Å². The molecule has 2 N–H and O–H groups in total. The molecule has 0 unspecified atom stereocenters. The number of carbonyl (C=O) groups is 1. The van der Waals surface area contributed by atoms with E-state index in [4.69, 9.17) is 5.11 Å². The van der Waals surface area contributed by atoms with E-state index in [0.29, 0.717) is 12.0 Å². The van der Waals surface area contributed by atoms with Gasteiger partial charge >= 0.3 is 0 Å². The second-order valence-corrected chi connectivity index (χ2v) is 3.78. The molecule has 1 rings (SSSR count). The number of rotatable bonds is 5. The van der Waals surface area contributed by atoms with E-state index in [0.717, 1.165) is 12.1 Å². The lowest BCUT2D eigenvalue weighted by atomic mass is 10.1. The molecule has 17 heavy (non-hydrogen) atoms. The molecule has 0 bridgehead atoms. The second-order valence-electron chi connectivity index (χ2n) is 3.78. The number of benzene rings is 1. The average molecular weight is 243 g/mol. The fourth-order valence-electron chi connectivity index (χ4n) is 1.39. The van der Waals surface area contributed by atoms with Gasteiger partial charge in [0.25, 0.3) is 0 Å². The SMILES string of the molecule is CC[C@H](CO)NC(=O)Cc1ccc(F)c(F)c1. The lowest BCUT2D eigenvalue weighted by Crippen LogP contribution is -2.37. The molecule has 0 fully saturated rings. The Labute approximate surface area is 98.5 Å². The van der Waals surface area contributed by atoms with Gasteiger partial charge in [0, 0.05) is 0 Å². The molecular formula is C12H15F2NO2. The molecule has 94 valence electrons. The zero-order chi connectivity index (χ0) is 12.8. The van der Waals surface area contributed by atoms with Crippen LogP contribution in [0.2, 0.25) is 0 Å². The van der Waals surface area contributed by atoms with Gasteiger partial charge in [-0.2, -0.15) is 0 Å². The normalized spacial score (nSPS) is 12.2. The van der Waals surface area contributed by atoms with Crippen LogP contribution in [0.3, 0.4) is 0 Å². The molecule has 5 heteroatoms. The Morgan fingerprint density at radius 3 is 2.65 bits per heavy atom. The van der Waals surface area contributed by atoms with Crippen LogP contribution in [0, 0.1) is 11.6 Å². The van der Waals surface area contributed by atoms with E-state index in [1.807, 2.05) is 6.92 Å². The summed E-state index contributed by atoms with van der Waals surface area (Å²) in [5.41, 5.74) is 0.397. The Hall–Kier alpha value is -1.49. The lowest BCUT2D eigenvalue weighted by molar-refractivity contribution is -0.121. The van der Waals surface area contributed by atoms with E-state index < -0.39 is 11.6 Å². The van der Waals surface area contributed by atoms with Crippen molar-refractivity contribution in [1.29, 1.82) is 0 Å². The molecule has 0 aliphatic rings. The first-order valence-electron chi connectivity index (χ1n) is 5.41. The first-order valence-corrected chi connectivity index (χ1v) is 5.41. The van der Waals surface area contributed by atoms with Crippen LogP contribution in [0.25, 0.3) is 0 Å². The molecule has 0 aromatic heterocycles. The predicted molar refractivity (Wildman–Crippen MR) is 59.4 cm³/mol. The highest BCUT2D eigenvalue weighted by Crippen LogP contribution is 2.09. The average Bonchev–Trinajstić information content (AvgIpc) is 2.31. The Kier molecular flexibility index (Phi) is 5.03. The second kappa shape index (κ2) is 6.30. The maximum absolute atomic E-state index is 12.9. The number of aliphatic hydroxyl groups is 1. The summed E-state index contributed by atoms with van der Waals surface area (Å²) in [5.74, 6) is -2.22. The highest BCUT2D eigenvalue weighted by Gasteiger charge is 2.11. The van der Waals surface area contributed by atoms with Gasteiger partial charge in [-0.3, -0.25) is 4.79 Å². The summed E-state index contributed by atoms with van der Waals surface area (Å²) in [5, 5.41) is 11.5. The lowest BCUT2D eigenvalue weighted by Gasteiger charge is -2.13. The van der Waals surface area contributed by atoms with E-state index in [1.165, 1.54) is 6.07 Å². The van der Waals surface area contributed by atoms with Crippen molar-refractivity contribution in [2.45, 2.75) is 25.8 Å². The predicted octanol–water partition coefficient (Wildman–Crippen LogP) is 1.39. The number of halogens is 2.